The molecule has 0 atom stereocenters. The molecule has 2 heteroatoms. The van der Waals surface area contributed by atoms with Crippen molar-refractivity contribution in [3.05, 3.63) is 58.7 Å². The molecule has 0 bridgehead atoms. The molecule has 0 saturated heterocycles. The minimum absolute atomic E-state index is 0.562. The molecule has 2 rings (SSSR count). The van der Waals surface area contributed by atoms with Crippen molar-refractivity contribution >= 4 is 5.69 Å². The van der Waals surface area contributed by atoms with E-state index in [1.807, 2.05) is 26.0 Å². The highest BCUT2D eigenvalue weighted by Crippen LogP contribution is 2.26. The Bertz CT molecular complexity index is 562. The van der Waals surface area contributed by atoms with Crippen LogP contribution in [0.2, 0.25) is 0 Å². The van der Waals surface area contributed by atoms with Crippen LogP contribution < -0.4 is 10.5 Å². The number of anilines is 1. The molecule has 2 aromatic carbocycles. The molecule has 0 aliphatic heterocycles. The maximum atomic E-state index is 5.95. The third-order valence-corrected chi connectivity index (χ3v) is 3.51. The van der Waals surface area contributed by atoms with E-state index in [4.69, 9.17) is 10.5 Å². The van der Waals surface area contributed by atoms with Gasteiger partial charge >= 0.3 is 0 Å². The number of rotatable bonds is 4. The highest BCUT2D eigenvalue weighted by atomic mass is 16.5. The van der Waals surface area contributed by atoms with Gasteiger partial charge in [-0.2, -0.15) is 0 Å². The second-order valence-corrected chi connectivity index (χ2v) is 5.67. The summed E-state index contributed by atoms with van der Waals surface area (Å²) in [6.07, 6.45) is 0. The van der Waals surface area contributed by atoms with Crippen LogP contribution in [0.1, 0.15) is 42.0 Å². The van der Waals surface area contributed by atoms with Gasteiger partial charge < -0.3 is 10.5 Å². The van der Waals surface area contributed by atoms with Gasteiger partial charge in [-0.3, -0.25) is 0 Å². The molecule has 0 saturated carbocycles. The average Bonchev–Trinajstić information content (AvgIpc) is 2.38. The van der Waals surface area contributed by atoms with Crippen LogP contribution in [0.15, 0.2) is 36.4 Å². The van der Waals surface area contributed by atoms with Crippen molar-refractivity contribution < 1.29 is 4.74 Å². The lowest BCUT2D eigenvalue weighted by Crippen LogP contribution is -2.00. The van der Waals surface area contributed by atoms with Crippen molar-refractivity contribution in [3.8, 4) is 5.75 Å². The quantitative estimate of drug-likeness (QED) is 0.824. The molecule has 2 N–H and O–H groups in total. The Kier molecular flexibility index (Phi) is 4.33. The maximum absolute atomic E-state index is 5.95. The van der Waals surface area contributed by atoms with Gasteiger partial charge in [0.2, 0.25) is 0 Å². The lowest BCUT2D eigenvalue weighted by molar-refractivity contribution is 0.302. The standard InChI is InChI=1S/C18H23NO/c1-12(2)16-7-5-15(6-8-16)11-20-18-13(3)9-17(19)10-14(18)4/h5-10,12H,11,19H2,1-4H3. The second kappa shape index (κ2) is 6.00. The van der Waals surface area contributed by atoms with Crippen molar-refractivity contribution in [2.75, 3.05) is 5.73 Å². The van der Waals surface area contributed by atoms with E-state index < -0.39 is 0 Å². The molecule has 0 heterocycles. The van der Waals surface area contributed by atoms with Gasteiger partial charge in [0.15, 0.2) is 0 Å². The van der Waals surface area contributed by atoms with E-state index in [9.17, 15) is 0 Å². The van der Waals surface area contributed by atoms with Crippen LogP contribution in [0.3, 0.4) is 0 Å². The summed E-state index contributed by atoms with van der Waals surface area (Å²) in [6, 6.07) is 12.5. The average molecular weight is 269 g/mol. The SMILES string of the molecule is Cc1cc(N)cc(C)c1OCc1ccc(C(C)C)cc1. The molecule has 106 valence electrons. The molecule has 20 heavy (non-hydrogen) atoms. The maximum Gasteiger partial charge on any atom is 0.125 e. The van der Waals surface area contributed by atoms with Crippen LogP contribution in [0.4, 0.5) is 5.69 Å². The largest absolute Gasteiger partial charge is 0.488 e. The first-order chi connectivity index (χ1) is 9.47. The summed E-state index contributed by atoms with van der Waals surface area (Å²) >= 11 is 0. The van der Waals surface area contributed by atoms with Crippen LogP contribution in [-0.4, -0.2) is 0 Å². The third kappa shape index (κ3) is 3.32. The van der Waals surface area contributed by atoms with Gasteiger partial charge in [0.05, 0.1) is 0 Å². The Hall–Kier alpha value is -1.96. The lowest BCUT2D eigenvalue weighted by atomic mass is 10.0. The van der Waals surface area contributed by atoms with E-state index in [0.717, 1.165) is 22.6 Å². The number of benzene rings is 2. The molecule has 0 fully saturated rings. The molecule has 2 aromatic rings. The van der Waals surface area contributed by atoms with Gasteiger partial charge in [-0.15, -0.1) is 0 Å². The number of nitrogen functional groups attached to an aromatic ring is 1. The van der Waals surface area contributed by atoms with E-state index in [-0.39, 0.29) is 0 Å². The smallest absolute Gasteiger partial charge is 0.125 e. The van der Waals surface area contributed by atoms with Crippen LogP contribution in [0, 0.1) is 13.8 Å². The lowest BCUT2D eigenvalue weighted by Gasteiger charge is -2.13. The predicted molar refractivity (Wildman–Crippen MR) is 85.2 cm³/mol. The van der Waals surface area contributed by atoms with Gasteiger partial charge in [0.1, 0.15) is 12.4 Å². The summed E-state index contributed by atoms with van der Waals surface area (Å²) in [5, 5.41) is 0. The molecule has 0 aliphatic carbocycles. The Morgan fingerprint density at radius 3 is 2.05 bits per heavy atom. The molecule has 0 spiro atoms. The van der Waals surface area contributed by atoms with Crippen molar-refractivity contribution in [1.82, 2.24) is 0 Å². The summed E-state index contributed by atoms with van der Waals surface area (Å²) in [5.74, 6) is 1.50. The van der Waals surface area contributed by atoms with E-state index >= 15 is 0 Å². The first kappa shape index (κ1) is 14.4. The van der Waals surface area contributed by atoms with Crippen molar-refractivity contribution in [1.29, 1.82) is 0 Å². The van der Waals surface area contributed by atoms with Gasteiger partial charge in [0.25, 0.3) is 0 Å². The van der Waals surface area contributed by atoms with E-state index in [2.05, 4.69) is 38.1 Å². The Morgan fingerprint density at radius 1 is 1.00 bits per heavy atom. The van der Waals surface area contributed by atoms with Crippen molar-refractivity contribution in [3.63, 3.8) is 0 Å². The highest BCUT2D eigenvalue weighted by Gasteiger charge is 2.06. The second-order valence-electron chi connectivity index (χ2n) is 5.67. The Labute approximate surface area is 121 Å². The summed E-state index contributed by atoms with van der Waals surface area (Å²) in [7, 11) is 0. The number of ether oxygens (including phenoxy) is 1. The fourth-order valence-electron chi connectivity index (χ4n) is 2.37. The normalized spacial score (nSPS) is 10.8. The first-order valence-corrected chi connectivity index (χ1v) is 7.05. The summed E-state index contributed by atoms with van der Waals surface area (Å²) in [5.41, 5.74) is 11.3. The van der Waals surface area contributed by atoms with Crippen LogP contribution in [0.25, 0.3) is 0 Å². The van der Waals surface area contributed by atoms with Gasteiger partial charge in [-0.1, -0.05) is 38.1 Å². The zero-order valence-electron chi connectivity index (χ0n) is 12.7. The Balaban J connectivity index is 2.09. The molecule has 0 radical (unpaired) electrons. The van der Waals surface area contributed by atoms with Gasteiger partial charge in [0, 0.05) is 5.69 Å². The molecular formula is C18H23NO. The summed E-state index contributed by atoms with van der Waals surface area (Å²) < 4.78 is 5.95. The third-order valence-electron chi connectivity index (χ3n) is 3.51. The topological polar surface area (TPSA) is 35.2 Å². The highest BCUT2D eigenvalue weighted by molar-refractivity contribution is 5.52. The molecule has 2 nitrogen and oxygen atoms in total. The summed E-state index contributed by atoms with van der Waals surface area (Å²) in [6.45, 7) is 9.05. The minimum Gasteiger partial charge on any atom is -0.488 e. The van der Waals surface area contributed by atoms with Crippen molar-refractivity contribution in [2.45, 2.75) is 40.2 Å². The molecule has 0 aromatic heterocycles. The van der Waals surface area contributed by atoms with E-state index in [1.54, 1.807) is 0 Å². The number of nitrogens with two attached hydrogens (primary N) is 1. The number of hydrogen-bond acceptors (Lipinski definition) is 2. The first-order valence-electron chi connectivity index (χ1n) is 7.05. The Morgan fingerprint density at radius 2 is 1.55 bits per heavy atom. The molecule has 0 amide bonds. The fourth-order valence-corrected chi connectivity index (χ4v) is 2.37. The van der Waals surface area contributed by atoms with Gasteiger partial charge in [-0.05, 0) is 54.2 Å². The van der Waals surface area contributed by atoms with Crippen LogP contribution in [-0.2, 0) is 6.61 Å². The molecule has 0 aliphatic rings. The van der Waals surface area contributed by atoms with E-state index in [0.29, 0.717) is 12.5 Å². The van der Waals surface area contributed by atoms with Crippen molar-refractivity contribution in [2.24, 2.45) is 0 Å². The monoisotopic (exact) mass is 269 g/mol. The zero-order chi connectivity index (χ0) is 14.7. The van der Waals surface area contributed by atoms with E-state index in [1.165, 1.54) is 11.1 Å². The predicted octanol–water partition coefficient (Wildman–Crippen LogP) is 4.59. The molecular weight excluding hydrogens is 246 g/mol. The number of hydrogen-bond donors (Lipinski definition) is 1. The van der Waals surface area contributed by atoms with Gasteiger partial charge in [-0.25, -0.2) is 0 Å². The number of aryl methyl sites for hydroxylation is 2. The summed E-state index contributed by atoms with van der Waals surface area (Å²) in [4.78, 5) is 0. The fraction of sp³-hybridized carbons (Fsp3) is 0.333. The molecule has 0 unspecified atom stereocenters. The zero-order valence-corrected chi connectivity index (χ0v) is 12.7. The van der Waals surface area contributed by atoms with Crippen LogP contribution in [0.5, 0.6) is 5.75 Å². The minimum atomic E-state index is 0.562. The van der Waals surface area contributed by atoms with Crippen LogP contribution >= 0.6 is 0 Å².